The monoisotopic (exact) mass is 474 g/mol. The van der Waals surface area contributed by atoms with Crippen LogP contribution in [0.2, 0.25) is 0 Å². The van der Waals surface area contributed by atoms with Crippen molar-refractivity contribution in [2.45, 2.75) is 39.0 Å². The molecular formula is C15H31IN4O3S. The van der Waals surface area contributed by atoms with E-state index in [1.807, 2.05) is 11.8 Å². The number of carbonyl (C=O) groups excluding carboxylic acids is 1. The minimum atomic E-state index is -2.97. The average Bonchev–Trinajstić information content (AvgIpc) is 2.67. The molecule has 9 heteroatoms. The topological polar surface area (TPSA) is 90.9 Å². The first-order chi connectivity index (χ1) is 10.9. The van der Waals surface area contributed by atoms with Gasteiger partial charge < -0.3 is 15.5 Å². The third kappa shape index (κ3) is 11.1. The molecule has 0 aromatic rings. The van der Waals surface area contributed by atoms with Gasteiger partial charge in [-0.1, -0.05) is 6.42 Å². The Hall–Kier alpha value is -0.580. The summed E-state index contributed by atoms with van der Waals surface area (Å²) in [7, 11) is -2.97. The Balaban J connectivity index is 0.00000529. The highest BCUT2D eigenvalue weighted by Crippen LogP contribution is 2.11. The van der Waals surface area contributed by atoms with E-state index in [0.29, 0.717) is 25.5 Å². The highest BCUT2D eigenvalue weighted by Gasteiger charge is 2.15. The van der Waals surface area contributed by atoms with Crippen LogP contribution in [0.15, 0.2) is 4.99 Å². The van der Waals surface area contributed by atoms with Gasteiger partial charge in [0.15, 0.2) is 5.96 Å². The summed E-state index contributed by atoms with van der Waals surface area (Å²) in [4.78, 5) is 18.3. The quantitative estimate of drug-likeness (QED) is 0.237. The first-order valence-corrected chi connectivity index (χ1v) is 10.5. The maximum Gasteiger partial charge on any atom is 0.222 e. The van der Waals surface area contributed by atoms with Gasteiger partial charge in [-0.25, -0.2) is 8.42 Å². The van der Waals surface area contributed by atoms with Gasteiger partial charge in [0.25, 0.3) is 0 Å². The van der Waals surface area contributed by atoms with Crippen LogP contribution in [0, 0.1) is 0 Å². The molecule has 1 heterocycles. The normalized spacial score (nSPS) is 16.3. The lowest BCUT2D eigenvalue weighted by Crippen LogP contribution is -2.39. The van der Waals surface area contributed by atoms with Crippen LogP contribution < -0.4 is 10.6 Å². The van der Waals surface area contributed by atoms with Gasteiger partial charge in [-0.3, -0.25) is 9.79 Å². The van der Waals surface area contributed by atoms with Crippen molar-refractivity contribution in [3.8, 4) is 0 Å². The van der Waals surface area contributed by atoms with Crippen molar-refractivity contribution in [2.75, 3.05) is 44.7 Å². The van der Waals surface area contributed by atoms with Crippen molar-refractivity contribution in [3.63, 3.8) is 0 Å². The van der Waals surface area contributed by atoms with Gasteiger partial charge in [0, 0.05) is 45.4 Å². The molecule has 1 amide bonds. The van der Waals surface area contributed by atoms with Crippen LogP contribution in [0.25, 0.3) is 0 Å². The van der Waals surface area contributed by atoms with E-state index in [2.05, 4.69) is 15.6 Å². The molecule has 1 aliphatic rings. The van der Waals surface area contributed by atoms with E-state index in [1.165, 1.54) is 6.26 Å². The van der Waals surface area contributed by atoms with Gasteiger partial charge in [0.1, 0.15) is 9.84 Å². The molecule has 1 fully saturated rings. The lowest BCUT2D eigenvalue weighted by atomic mass is 10.2. The average molecular weight is 474 g/mol. The summed E-state index contributed by atoms with van der Waals surface area (Å²) in [6.45, 7) is 5.23. The predicted octanol–water partition coefficient (Wildman–Crippen LogP) is 0.997. The largest absolute Gasteiger partial charge is 0.357 e. The Morgan fingerprint density at radius 3 is 2.67 bits per heavy atom. The third-order valence-electron chi connectivity index (χ3n) is 3.64. The summed E-state index contributed by atoms with van der Waals surface area (Å²) in [5.41, 5.74) is 0. The Morgan fingerprint density at radius 1 is 1.25 bits per heavy atom. The molecule has 0 saturated carbocycles. The van der Waals surface area contributed by atoms with Gasteiger partial charge >= 0.3 is 0 Å². The number of halogens is 1. The first kappa shape index (κ1) is 23.4. The first-order valence-electron chi connectivity index (χ1n) is 8.40. The number of carbonyl (C=O) groups is 1. The fraction of sp³-hybridized carbons (Fsp3) is 0.867. The van der Waals surface area contributed by atoms with Crippen LogP contribution in [0.1, 0.15) is 39.0 Å². The van der Waals surface area contributed by atoms with Crippen LogP contribution >= 0.6 is 24.0 Å². The summed E-state index contributed by atoms with van der Waals surface area (Å²) >= 11 is 0. The summed E-state index contributed by atoms with van der Waals surface area (Å²) in [5, 5.41) is 6.10. The fourth-order valence-corrected chi connectivity index (χ4v) is 2.90. The van der Waals surface area contributed by atoms with Crippen LogP contribution in [0.5, 0.6) is 0 Å². The number of hydrogen-bond donors (Lipinski definition) is 2. The molecule has 7 nitrogen and oxygen atoms in total. The Labute approximate surface area is 163 Å². The lowest BCUT2D eigenvalue weighted by molar-refractivity contribution is -0.130. The second-order valence-corrected chi connectivity index (χ2v) is 8.12. The third-order valence-corrected chi connectivity index (χ3v) is 4.58. The SMILES string of the molecule is CCNC(=NCCCN1CCCCCC1=O)NCCS(C)(=O)=O.I. The smallest absolute Gasteiger partial charge is 0.222 e. The van der Waals surface area contributed by atoms with Crippen LogP contribution in [-0.2, 0) is 14.6 Å². The maximum absolute atomic E-state index is 11.9. The summed E-state index contributed by atoms with van der Waals surface area (Å²) in [6.07, 6.45) is 5.92. The van der Waals surface area contributed by atoms with E-state index in [1.54, 1.807) is 0 Å². The van der Waals surface area contributed by atoms with Gasteiger partial charge in [-0.2, -0.15) is 0 Å². The molecule has 1 aliphatic heterocycles. The molecule has 0 aliphatic carbocycles. The van der Waals surface area contributed by atoms with Gasteiger partial charge in [-0.05, 0) is 26.2 Å². The van der Waals surface area contributed by atoms with E-state index >= 15 is 0 Å². The second-order valence-electron chi connectivity index (χ2n) is 5.86. The van der Waals surface area contributed by atoms with E-state index in [-0.39, 0.29) is 35.6 Å². The molecular weight excluding hydrogens is 443 g/mol. The molecule has 0 spiro atoms. The molecule has 1 saturated heterocycles. The number of nitrogens with zero attached hydrogens (tertiary/aromatic N) is 2. The number of likely N-dealkylation sites (tertiary alicyclic amines) is 1. The summed E-state index contributed by atoms with van der Waals surface area (Å²) in [6, 6.07) is 0. The minimum Gasteiger partial charge on any atom is -0.357 e. The molecule has 24 heavy (non-hydrogen) atoms. The Morgan fingerprint density at radius 2 is 2.00 bits per heavy atom. The van der Waals surface area contributed by atoms with E-state index in [4.69, 9.17) is 0 Å². The number of aliphatic imine (C=N–C) groups is 1. The van der Waals surface area contributed by atoms with E-state index < -0.39 is 9.84 Å². The highest BCUT2D eigenvalue weighted by molar-refractivity contribution is 14.0. The van der Waals surface area contributed by atoms with Crippen molar-refractivity contribution in [1.82, 2.24) is 15.5 Å². The molecule has 0 atom stereocenters. The summed E-state index contributed by atoms with van der Waals surface area (Å²) in [5.74, 6) is 0.961. The zero-order valence-electron chi connectivity index (χ0n) is 14.7. The van der Waals surface area contributed by atoms with Crippen LogP contribution in [0.3, 0.4) is 0 Å². The molecule has 0 aromatic heterocycles. The van der Waals surface area contributed by atoms with Crippen molar-refractivity contribution in [3.05, 3.63) is 0 Å². The number of rotatable bonds is 8. The Bertz CT molecular complexity index is 497. The van der Waals surface area contributed by atoms with Crippen molar-refractivity contribution in [1.29, 1.82) is 0 Å². The molecule has 0 bridgehead atoms. The maximum atomic E-state index is 11.9. The van der Waals surface area contributed by atoms with Crippen molar-refractivity contribution in [2.24, 2.45) is 4.99 Å². The zero-order valence-corrected chi connectivity index (χ0v) is 17.9. The van der Waals surface area contributed by atoms with E-state index in [9.17, 15) is 13.2 Å². The summed E-state index contributed by atoms with van der Waals surface area (Å²) < 4.78 is 22.3. The minimum absolute atomic E-state index is 0. The molecule has 1 rings (SSSR count). The second kappa shape index (κ2) is 12.7. The predicted molar refractivity (Wildman–Crippen MR) is 109 cm³/mol. The number of amides is 1. The molecule has 2 N–H and O–H groups in total. The van der Waals surface area contributed by atoms with Gasteiger partial charge in [0.05, 0.1) is 5.75 Å². The molecule has 0 aromatic carbocycles. The van der Waals surface area contributed by atoms with Gasteiger partial charge in [-0.15, -0.1) is 24.0 Å². The standard InChI is InChI=1S/C15H30N4O3S.HI/c1-3-16-15(18-10-13-23(2,21)22)17-9-7-12-19-11-6-4-5-8-14(19)20;/h3-13H2,1-2H3,(H2,16,17,18);1H. The van der Waals surface area contributed by atoms with Gasteiger partial charge in [0.2, 0.25) is 5.91 Å². The van der Waals surface area contributed by atoms with Crippen LogP contribution in [0.4, 0.5) is 0 Å². The number of hydrogen-bond acceptors (Lipinski definition) is 4. The van der Waals surface area contributed by atoms with Crippen molar-refractivity contribution < 1.29 is 13.2 Å². The Kier molecular flexibility index (Phi) is 12.4. The molecule has 142 valence electrons. The number of nitrogens with one attached hydrogen (secondary N) is 2. The lowest BCUT2D eigenvalue weighted by Gasteiger charge is -2.20. The number of guanidine groups is 1. The van der Waals surface area contributed by atoms with Crippen molar-refractivity contribution >= 4 is 45.7 Å². The number of sulfone groups is 1. The fourth-order valence-electron chi connectivity index (χ4n) is 2.42. The zero-order chi connectivity index (χ0) is 17.1. The molecule has 0 radical (unpaired) electrons. The highest BCUT2D eigenvalue weighted by atomic mass is 127. The molecule has 0 unspecified atom stereocenters. The van der Waals surface area contributed by atoms with E-state index in [0.717, 1.165) is 45.3 Å². The van der Waals surface area contributed by atoms with Crippen LogP contribution in [-0.4, -0.2) is 69.9 Å².